The van der Waals surface area contributed by atoms with Crippen LogP contribution in [0.15, 0.2) is 37.3 Å². The van der Waals surface area contributed by atoms with Crippen LogP contribution in [0.4, 0.5) is 0 Å². The van der Waals surface area contributed by atoms with E-state index in [-0.39, 0.29) is 0 Å². The van der Waals surface area contributed by atoms with Gasteiger partial charge in [0.15, 0.2) is 0 Å². The van der Waals surface area contributed by atoms with Gasteiger partial charge in [-0.3, -0.25) is 0 Å². The monoisotopic (exact) mass is 204 g/mol. The van der Waals surface area contributed by atoms with Gasteiger partial charge >= 0.3 is 78.4 Å². The van der Waals surface area contributed by atoms with Crippen LogP contribution in [-0.2, 0) is 0 Å². The molecule has 0 bridgehead atoms. The number of rotatable bonds is 6. The summed E-state index contributed by atoms with van der Waals surface area (Å²) in [6.07, 6.45) is 8.10. The molecule has 3 nitrogen and oxygen atoms in total. The molecule has 13 heavy (non-hydrogen) atoms. The van der Waals surface area contributed by atoms with E-state index in [1.165, 1.54) is 12.2 Å². The van der Waals surface area contributed by atoms with Gasteiger partial charge in [0, 0.05) is 0 Å². The second-order valence-corrected chi connectivity index (χ2v) is 6.57. The Kier molecular flexibility index (Phi) is 6.29. The number of allylic oxidation sites excluding steroid dienone is 3. The summed E-state index contributed by atoms with van der Waals surface area (Å²) in [5.74, 6) is 0. The normalized spacial score (nSPS) is 13.9. The SMILES string of the molecule is C=CC[PH](O)(CC=CO)CC=CO. The molecule has 0 aromatic carbocycles. The summed E-state index contributed by atoms with van der Waals surface area (Å²) >= 11 is 0. The molecule has 0 fully saturated rings. The first kappa shape index (κ1) is 12.2. The first-order chi connectivity index (χ1) is 6.18. The van der Waals surface area contributed by atoms with E-state index in [1.54, 1.807) is 6.08 Å². The quantitative estimate of drug-likeness (QED) is 0.352. The zero-order valence-corrected chi connectivity index (χ0v) is 8.56. The first-order valence-electron chi connectivity index (χ1n) is 4.10. The zero-order chi connectivity index (χ0) is 10.2. The maximum atomic E-state index is 10.0. The van der Waals surface area contributed by atoms with Gasteiger partial charge in [0.1, 0.15) is 0 Å². The molecule has 0 spiro atoms. The van der Waals surface area contributed by atoms with E-state index < -0.39 is 7.49 Å². The fourth-order valence-electron chi connectivity index (χ4n) is 1.06. The molecule has 0 aliphatic rings. The molecule has 0 aliphatic heterocycles. The van der Waals surface area contributed by atoms with Gasteiger partial charge < -0.3 is 0 Å². The van der Waals surface area contributed by atoms with Crippen LogP contribution in [0.5, 0.6) is 0 Å². The zero-order valence-electron chi connectivity index (χ0n) is 7.56. The molecule has 0 radical (unpaired) electrons. The third-order valence-electron chi connectivity index (χ3n) is 1.73. The maximum absolute atomic E-state index is 10.0. The van der Waals surface area contributed by atoms with Crippen LogP contribution in [-0.4, -0.2) is 33.6 Å². The van der Waals surface area contributed by atoms with Crippen molar-refractivity contribution in [3.05, 3.63) is 37.3 Å². The molecule has 76 valence electrons. The number of aliphatic hydroxyl groups excluding tert-OH is 2. The molecular formula is C9H17O3P. The molecule has 0 aromatic rings. The van der Waals surface area contributed by atoms with E-state index in [0.717, 1.165) is 12.5 Å². The molecule has 0 amide bonds. The Bertz CT molecular complexity index is 185. The molecule has 0 rings (SSSR count). The topological polar surface area (TPSA) is 60.7 Å². The fourth-order valence-corrected chi connectivity index (χ4v) is 3.19. The van der Waals surface area contributed by atoms with Gasteiger partial charge in [-0.1, -0.05) is 0 Å². The average molecular weight is 204 g/mol. The van der Waals surface area contributed by atoms with E-state index in [9.17, 15) is 4.89 Å². The van der Waals surface area contributed by atoms with Crippen LogP contribution < -0.4 is 0 Å². The van der Waals surface area contributed by atoms with Gasteiger partial charge in [-0.05, 0) is 0 Å². The average Bonchev–Trinajstić information content (AvgIpc) is 2.12. The van der Waals surface area contributed by atoms with E-state index >= 15 is 0 Å². The summed E-state index contributed by atoms with van der Waals surface area (Å²) in [5.41, 5.74) is 0. The van der Waals surface area contributed by atoms with Crippen molar-refractivity contribution in [2.75, 3.05) is 18.5 Å². The minimum atomic E-state index is -2.40. The van der Waals surface area contributed by atoms with Gasteiger partial charge in [0.2, 0.25) is 0 Å². The van der Waals surface area contributed by atoms with Crippen LogP contribution in [0.3, 0.4) is 0 Å². The molecule has 4 heteroatoms. The second kappa shape index (κ2) is 6.70. The van der Waals surface area contributed by atoms with Crippen molar-refractivity contribution in [1.29, 1.82) is 0 Å². The van der Waals surface area contributed by atoms with Crippen molar-refractivity contribution >= 4 is 7.49 Å². The predicted octanol–water partition coefficient (Wildman–Crippen LogP) is 1.97. The first-order valence-corrected chi connectivity index (χ1v) is 6.67. The summed E-state index contributed by atoms with van der Waals surface area (Å²) in [6.45, 7) is 3.56. The Labute approximate surface area is 79.1 Å². The molecular weight excluding hydrogens is 187 g/mol. The molecule has 0 aromatic heterocycles. The molecule has 0 aliphatic carbocycles. The van der Waals surface area contributed by atoms with E-state index in [4.69, 9.17) is 10.2 Å². The van der Waals surface area contributed by atoms with Crippen LogP contribution >= 0.6 is 7.49 Å². The van der Waals surface area contributed by atoms with Gasteiger partial charge in [-0.2, -0.15) is 0 Å². The van der Waals surface area contributed by atoms with Crippen LogP contribution in [0, 0.1) is 0 Å². The molecule has 0 atom stereocenters. The van der Waals surface area contributed by atoms with Crippen LogP contribution in [0.1, 0.15) is 0 Å². The second-order valence-electron chi connectivity index (χ2n) is 2.89. The van der Waals surface area contributed by atoms with Gasteiger partial charge in [0.25, 0.3) is 0 Å². The Hall–Kier alpha value is -0.790. The standard InChI is InChI=1S/C9H17O3P/c1-2-7-13(12,8-3-5-10)9-4-6-11/h2-6,10-13H,1,7-9H2. The molecule has 0 saturated heterocycles. The molecule has 0 saturated carbocycles. The van der Waals surface area contributed by atoms with Crippen molar-refractivity contribution in [2.24, 2.45) is 0 Å². The van der Waals surface area contributed by atoms with Crippen molar-refractivity contribution < 1.29 is 15.1 Å². The van der Waals surface area contributed by atoms with Crippen molar-refractivity contribution in [3.8, 4) is 0 Å². The summed E-state index contributed by atoms with van der Waals surface area (Å²) in [7, 11) is -2.40. The molecule has 3 N–H and O–H groups in total. The van der Waals surface area contributed by atoms with Crippen LogP contribution in [0.25, 0.3) is 0 Å². The Morgan fingerprint density at radius 3 is 1.77 bits per heavy atom. The van der Waals surface area contributed by atoms with Crippen molar-refractivity contribution in [2.45, 2.75) is 0 Å². The van der Waals surface area contributed by atoms with Crippen molar-refractivity contribution in [1.82, 2.24) is 0 Å². The Morgan fingerprint density at radius 2 is 1.46 bits per heavy atom. The summed E-state index contributed by atoms with van der Waals surface area (Å²) in [5, 5.41) is 16.9. The number of hydrogen-bond donors (Lipinski definition) is 3. The van der Waals surface area contributed by atoms with E-state index in [0.29, 0.717) is 18.5 Å². The van der Waals surface area contributed by atoms with Crippen LogP contribution in [0.2, 0.25) is 0 Å². The predicted molar refractivity (Wildman–Crippen MR) is 58.9 cm³/mol. The number of hydrogen-bond acceptors (Lipinski definition) is 3. The summed E-state index contributed by atoms with van der Waals surface area (Å²) in [6, 6.07) is 0. The molecule has 0 unspecified atom stereocenters. The third-order valence-corrected chi connectivity index (χ3v) is 4.77. The van der Waals surface area contributed by atoms with E-state index in [2.05, 4.69) is 6.58 Å². The Balaban J connectivity index is 4.22. The molecule has 0 heterocycles. The van der Waals surface area contributed by atoms with E-state index in [1.807, 2.05) is 0 Å². The van der Waals surface area contributed by atoms with Gasteiger partial charge in [0.05, 0.1) is 0 Å². The minimum absolute atomic E-state index is 0.472. The summed E-state index contributed by atoms with van der Waals surface area (Å²) < 4.78 is 0. The number of aliphatic hydroxyl groups is 2. The third kappa shape index (κ3) is 5.45. The Morgan fingerprint density at radius 1 is 1.00 bits per heavy atom. The summed E-state index contributed by atoms with van der Waals surface area (Å²) in [4.78, 5) is 10.0. The van der Waals surface area contributed by atoms with Gasteiger partial charge in [-0.25, -0.2) is 0 Å². The van der Waals surface area contributed by atoms with Crippen molar-refractivity contribution in [3.63, 3.8) is 0 Å². The fraction of sp³-hybridized carbons (Fsp3) is 0.333. The van der Waals surface area contributed by atoms with Gasteiger partial charge in [-0.15, -0.1) is 0 Å².